The zero-order chi connectivity index (χ0) is 14.6. The van der Waals surface area contributed by atoms with Crippen LogP contribution < -0.4 is 5.14 Å². The highest BCUT2D eigenvalue weighted by Gasteiger charge is 2.20. The maximum absolute atomic E-state index is 13.6. The first-order valence-electron chi connectivity index (χ1n) is 5.77. The van der Waals surface area contributed by atoms with Crippen molar-refractivity contribution in [2.75, 3.05) is 6.61 Å². The Kier molecular flexibility index (Phi) is 5.02. The number of rotatable bonds is 5. The summed E-state index contributed by atoms with van der Waals surface area (Å²) in [7, 11) is -4.22. The number of carbonyl (C=O) groups excluding carboxylic acids is 1. The van der Waals surface area contributed by atoms with E-state index in [-0.39, 0.29) is 17.7 Å². The number of esters is 1. The predicted octanol–water partition coefficient (Wildman–Crippen LogP) is 1.74. The van der Waals surface area contributed by atoms with Crippen molar-refractivity contribution in [1.29, 1.82) is 0 Å². The van der Waals surface area contributed by atoms with Crippen LogP contribution in [0.5, 0.6) is 0 Å². The van der Waals surface area contributed by atoms with Gasteiger partial charge in [-0.1, -0.05) is 13.3 Å². The van der Waals surface area contributed by atoms with Crippen molar-refractivity contribution in [2.24, 2.45) is 5.14 Å². The van der Waals surface area contributed by atoms with E-state index < -0.39 is 26.7 Å². The van der Waals surface area contributed by atoms with Gasteiger partial charge < -0.3 is 4.74 Å². The summed E-state index contributed by atoms with van der Waals surface area (Å²) in [4.78, 5) is 11.0. The Hall–Kier alpha value is -1.47. The molecule has 106 valence electrons. The van der Waals surface area contributed by atoms with E-state index in [1.165, 1.54) is 13.0 Å². The third kappa shape index (κ3) is 4.00. The minimum Gasteiger partial charge on any atom is -0.462 e. The molecular weight excluding hydrogens is 273 g/mol. The first-order valence-corrected chi connectivity index (χ1v) is 7.32. The van der Waals surface area contributed by atoms with Gasteiger partial charge in [-0.2, -0.15) is 0 Å². The molecule has 1 rings (SSSR count). The van der Waals surface area contributed by atoms with E-state index in [1.54, 1.807) is 0 Å². The number of halogens is 1. The zero-order valence-corrected chi connectivity index (χ0v) is 11.6. The third-order valence-electron chi connectivity index (χ3n) is 2.49. The minimum atomic E-state index is -4.22. The molecule has 0 radical (unpaired) electrons. The van der Waals surface area contributed by atoms with Crippen LogP contribution >= 0.6 is 0 Å². The number of nitrogens with two attached hydrogens (primary N) is 1. The van der Waals surface area contributed by atoms with E-state index in [9.17, 15) is 17.6 Å². The van der Waals surface area contributed by atoms with Gasteiger partial charge in [0.15, 0.2) is 0 Å². The molecule has 0 fully saturated rings. The maximum atomic E-state index is 13.6. The highest BCUT2D eigenvalue weighted by molar-refractivity contribution is 7.89. The van der Waals surface area contributed by atoms with Crippen LogP contribution in [0.15, 0.2) is 17.0 Å². The van der Waals surface area contributed by atoms with Gasteiger partial charge >= 0.3 is 5.97 Å². The van der Waals surface area contributed by atoms with Crippen molar-refractivity contribution in [3.05, 3.63) is 29.1 Å². The molecule has 19 heavy (non-hydrogen) atoms. The second-order valence-corrected chi connectivity index (χ2v) is 5.67. The van der Waals surface area contributed by atoms with Gasteiger partial charge in [-0.3, -0.25) is 0 Å². The number of primary sulfonamides is 1. The van der Waals surface area contributed by atoms with Crippen molar-refractivity contribution < 1.29 is 22.3 Å². The first kappa shape index (κ1) is 15.6. The molecule has 0 bridgehead atoms. The molecule has 1 aromatic carbocycles. The quantitative estimate of drug-likeness (QED) is 0.660. The molecule has 0 aliphatic heterocycles. The number of sulfonamides is 1. The topological polar surface area (TPSA) is 86.5 Å². The van der Waals surface area contributed by atoms with Gasteiger partial charge in [0, 0.05) is 0 Å². The molecule has 0 saturated heterocycles. The van der Waals surface area contributed by atoms with Crippen molar-refractivity contribution in [1.82, 2.24) is 0 Å². The minimum absolute atomic E-state index is 0.0222. The number of hydrogen-bond acceptors (Lipinski definition) is 4. The Morgan fingerprint density at radius 1 is 1.42 bits per heavy atom. The summed E-state index contributed by atoms with van der Waals surface area (Å²) >= 11 is 0. The summed E-state index contributed by atoms with van der Waals surface area (Å²) in [6, 6.07) is 2.13. The molecule has 0 heterocycles. The number of benzene rings is 1. The normalized spacial score (nSPS) is 11.4. The molecule has 7 heteroatoms. The summed E-state index contributed by atoms with van der Waals surface area (Å²) in [5.74, 6) is -1.64. The van der Waals surface area contributed by atoms with Crippen molar-refractivity contribution in [2.45, 2.75) is 31.6 Å². The average Bonchev–Trinajstić information content (AvgIpc) is 2.31. The Morgan fingerprint density at radius 3 is 2.58 bits per heavy atom. The number of hydrogen-bond donors (Lipinski definition) is 1. The van der Waals surface area contributed by atoms with E-state index in [1.807, 2.05) is 6.92 Å². The summed E-state index contributed by atoms with van der Waals surface area (Å²) in [6.07, 6.45) is 1.56. The second kappa shape index (κ2) is 6.12. The van der Waals surface area contributed by atoms with Gasteiger partial charge in [0.2, 0.25) is 10.0 Å². The fourth-order valence-corrected chi connectivity index (χ4v) is 2.16. The Balaban J connectivity index is 3.11. The number of carbonyl (C=O) groups is 1. The van der Waals surface area contributed by atoms with Crippen LogP contribution in [0.25, 0.3) is 0 Å². The van der Waals surface area contributed by atoms with Crippen molar-refractivity contribution in [3.63, 3.8) is 0 Å². The standard InChI is InChI=1S/C12H16FNO4S/c1-3-4-5-18-12(15)9-6-8(2)11(13)10(7-9)19(14,16)17/h6-7H,3-5H2,1-2H3,(H2,14,16,17). The van der Waals surface area contributed by atoms with Crippen molar-refractivity contribution >= 4 is 16.0 Å². The predicted molar refractivity (Wildman–Crippen MR) is 67.7 cm³/mol. The highest BCUT2D eigenvalue weighted by atomic mass is 32.2. The molecule has 1 aromatic rings. The summed E-state index contributed by atoms with van der Waals surface area (Å²) < 4.78 is 41.0. The molecule has 0 aliphatic carbocycles. The molecule has 0 spiro atoms. The van der Waals surface area contributed by atoms with E-state index in [0.717, 1.165) is 12.5 Å². The fraction of sp³-hybridized carbons (Fsp3) is 0.417. The zero-order valence-electron chi connectivity index (χ0n) is 10.8. The van der Waals surface area contributed by atoms with Gasteiger partial charge in [0.25, 0.3) is 0 Å². The molecule has 5 nitrogen and oxygen atoms in total. The van der Waals surface area contributed by atoms with Gasteiger partial charge in [-0.25, -0.2) is 22.7 Å². The Bertz CT molecular complexity index is 584. The SMILES string of the molecule is CCCCOC(=O)c1cc(C)c(F)c(S(N)(=O)=O)c1. The van der Waals surface area contributed by atoms with Crippen LogP contribution in [0.1, 0.15) is 35.7 Å². The maximum Gasteiger partial charge on any atom is 0.338 e. The Labute approximate surface area is 111 Å². The first-order chi connectivity index (χ1) is 8.77. The largest absolute Gasteiger partial charge is 0.462 e. The monoisotopic (exact) mass is 289 g/mol. The summed E-state index contributed by atoms with van der Waals surface area (Å²) in [5, 5.41) is 4.90. The van der Waals surface area contributed by atoms with E-state index >= 15 is 0 Å². The molecule has 0 unspecified atom stereocenters. The lowest BCUT2D eigenvalue weighted by atomic mass is 10.1. The molecule has 0 atom stereocenters. The lowest BCUT2D eigenvalue weighted by Gasteiger charge is -2.08. The van der Waals surface area contributed by atoms with Crippen molar-refractivity contribution in [3.8, 4) is 0 Å². The highest BCUT2D eigenvalue weighted by Crippen LogP contribution is 2.20. The number of unbranched alkanes of at least 4 members (excludes halogenated alkanes) is 1. The second-order valence-electron chi connectivity index (χ2n) is 4.14. The fourth-order valence-electron chi connectivity index (χ4n) is 1.45. The van der Waals surface area contributed by atoms with Crippen LogP contribution in [-0.2, 0) is 14.8 Å². The van der Waals surface area contributed by atoms with E-state index in [4.69, 9.17) is 9.88 Å². The van der Waals surface area contributed by atoms with Crippen LogP contribution in [0.3, 0.4) is 0 Å². The van der Waals surface area contributed by atoms with Gasteiger partial charge in [-0.15, -0.1) is 0 Å². The van der Waals surface area contributed by atoms with Crippen LogP contribution in [-0.4, -0.2) is 21.0 Å². The van der Waals surface area contributed by atoms with Gasteiger partial charge in [-0.05, 0) is 31.0 Å². The molecule has 0 amide bonds. The van der Waals surface area contributed by atoms with E-state index in [0.29, 0.717) is 6.42 Å². The summed E-state index contributed by atoms with van der Waals surface area (Å²) in [5.41, 5.74) is -0.00649. The average molecular weight is 289 g/mol. The molecule has 0 aromatic heterocycles. The summed E-state index contributed by atoms with van der Waals surface area (Å²) in [6.45, 7) is 3.53. The van der Waals surface area contributed by atoms with Crippen LogP contribution in [0.2, 0.25) is 0 Å². The lowest BCUT2D eigenvalue weighted by Crippen LogP contribution is -2.16. The number of ether oxygens (including phenoxy) is 1. The molecular formula is C12H16FNO4S. The molecule has 0 saturated carbocycles. The number of aryl methyl sites for hydroxylation is 1. The smallest absolute Gasteiger partial charge is 0.338 e. The van der Waals surface area contributed by atoms with E-state index in [2.05, 4.69) is 0 Å². The van der Waals surface area contributed by atoms with Crippen LogP contribution in [0, 0.1) is 12.7 Å². The molecule has 0 aliphatic rings. The van der Waals surface area contributed by atoms with Gasteiger partial charge in [0.05, 0.1) is 12.2 Å². The third-order valence-corrected chi connectivity index (χ3v) is 3.40. The lowest BCUT2D eigenvalue weighted by molar-refractivity contribution is 0.0499. The van der Waals surface area contributed by atoms with Crippen LogP contribution in [0.4, 0.5) is 4.39 Å². The van der Waals surface area contributed by atoms with Gasteiger partial charge in [0.1, 0.15) is 10.7 Å². The molecule has 2 N–H and O–H groups in total. The Morgan fingerprint density at radius 2 is 2.05 bits per heavy atom.